The third kappa shape index (κ3) is 4.81. The first-order valence-corrected chi connectivity index (χ1v) is 10.7. The van der Waals surface area contributed by atoms with Gasteiger partial charge in [0.05, 0.1) is 0 Å². The Hall–Kier alpha value is -2.89. The highest BCUT2D eigenvalue weighted by Crippen LogP contribution is 2.26. The summed E-state index contributed by atoms with van der Waals surface area (Å²) in [6.45, 7) is 3.57. The van der Waals surface area contributed by atoms with Crippen LogP contribution in [0.2, 0.25) is 5.02 Å². The van der Waals surface area contributed by atoms with E-state index < -0.39 is 0 Å². The lowest BCUT2D eigenvalue weighted by molar-refractivity contribution is 0.422. The van der Waals surface area contributed by atoms with Crippen molar-refractivity contribution in [3.8, 4) is 0 Å². The van der Waals surface area contributed by atoms with Crippen molar-refractivity contribution in [2.24, 2.45) is 0 Å². The lowest BCUT2D eigenvalue weighted by atomic mass is 10.1. The van der Waals surface area contributed by atoms with E-state index in [1.165, 1.54) is 10.9 Å². The molecule has 0 bridgehead atoms. The van der Waals surface area contributed by atoms with Crippen molar-refractivity contribution in [3.05, 3.63) is 94.9 Å². The molecular weight excluding hydrogens is 412 g/mol. The lowest BCUT2D eigenvalue weighted by Crippen LogP contribution is -2.36. The molecule has 4 nitrogen and oxygen atoms in total. The van der Waals surface area contributed by atoms with E-state index in [0.717, 1.165) is 40.4 Å². The molecule has 0 amide bonds. The number of fused-ring (bicyclic) bond motifs is 1. The van der Waals surface area contributed by atoms with Crippen LogP contribution in [0.3, 0.4) is 0 Å². The van der Waals surface area contributed by atoms with Crippen molar-refractivity contribution in [1.82, 2.24) is 14.9 Å². The zero-order valence-corrected chi connectivity index (χ0v) is 18.3. The minimum absolute atomic E-state index is 0.689. The highest BCUT2D eigenvalue weighted by molar-refractivity contribution is 7.80. The summed E-state index contributed by atoms with van der Waals surface area (Å²) in [5.41, 5.74) is 5.64. The topological polar surface area (TPSA) is 44.0 Å². The van der Waals surface area contributed by atoms with Crippen LogP contribution in [0, 0.1) is 6.92 Å². The summed E-state index contributed by atoms with van der Waals surface area (Å²) < 4.78 is 0. The highest BCUT2D eigenvalue weighted by Gasteiger charge is 2.15. The maximum Gasteiger partial charge on any atom is 0.173 e. The van der Waals surface area contributed by atoms with Crippen molar-refractivity contribution in [1.29, 1.82) is 0 Å². The Morgan fingerprint density at radius 3 is 2.73 bits per heavy atom. The normalized spacial score (nSPS) is 10.9. The molecule has 4 rings (SSSR count). The standard InChI is InChI=1S/C24H23ClN4S/c1-17-21(22-14-19(25)9-10-23(22)27-17)11-13-29(16-18-6-5-12-26-15-18)24(30)28-20-7-3-2-4-8-20/h2-10,12,14-15,27H,11,13,16H2,1H3,(H,28,30). The van der Waals surface area contributed by atoms with Crippen molar-refractivity contribution >= 4 is 45.5 Å². The van der Waals surface area contributed by atoms with Gasteiger partial charge in [-0.25, -0.2) is 0 Å². The molecule has 0 aliphatic heterocycles. The van der Waals surface area contributed by atoms with Crippen LogP contribution in [0.4, 0.5) is 5.69 Å². The SMILES string of the molecule is Cc1[nH]c2ccc(Cl)cc2c1CCN(Cc1cccnc1)C(=S)Nc1ccccc1. The maximum atomic E-state index is 6.25. The third-order valence-electron chi connectivity index (χ3n) is 5.12. The first kappa shape index (κ1) is 20.4. The number of nitrogens with zero attached hydrogens (tertiary/aromatic N) is 2. The van der Waals surface area contributed by atoms with E-state index in [-0.39, 0.29) is 0 Å². The van der Waals surface area contributed by atoms with Gasteiger partial charge in [0.25, 0.3) is 0 Å². The summed E-state index contributed by atoms with van der Waals surface area (Å²) in [6.07, 6.45) is 4.52. The number of benzene rings is 2. The quantitative estimate of drug-likeness (QED) is 0.367. The van der Waals surface area contributed by atoms with Crippen LogP contribution in [0.15, 0.2) is 73.1 Å². The van der Waals surface area contributed by atoms with E-state index in [2.05, 4.69) is 33.2 Å². The summed E-state index contributed by atoms with van der Waals surface area (Å²) in [5, 5.41) is 5.97. The molecule has 0 fully saturated rings. The van der Waals surface area contributed by atoms with E-state index in [9.17, 15) is 0 Å². The number of aryl methyl sites for hydroxylation is 1. The fourth-order valence-corrected chi connectivity index (χ4v) is 4.06. The van der Waals surface area contributed by atoms with Gasteiger partial charge in [0, 0.05) is 52.8 Å². The minimum Gasteiger partial charge on any atom is -0.358 e. The second-order valence-electron chi connectivity index (χ2n) is 7.25. The highest BCUT2D eigenvalue weighted by atomic mass is 35.5. The van der Waals surface area contributed by atoms with Crippen molar-refractivity contribution < 1.29 is 0 Å². The molecule has 0 saturated heterocycles. The average molecular weight is 435 g/mol. The number of anilines is 1. The number of H-pyrrole nitrogens is 1. The number of para-hydroxylation sites is 1. The van der Waals surface area contributed by atoms with Gasteiger partial charge >= 0.3 is 0 Å². The number of aromatic amines is 1. The molecule has 0 unspecified atom stereocenters. The molecule has 6 heteroatoms. The van der Waals surface area contributed by atoms with Gasteiger partial charge in [0.2, 0.25) is 0 Å². The Labute approximate surface area is 186 Å². The second kappa shape index (κ2) is 9.28. The number of nitrogens with one attached hydrogen (secondary N) is 2. The minimum atomic E-state index is 0.689. The van der Waals surface area contributed by atoms with Crippen LogP contribution < -0.4 is 5.32 Å². The predicted molar refractivity (Wildman–Crippen MR) is 129 cm³/mol. The molecule has 152 valence electrons. The average Bonchev–Trinajstić information content (AvgIpc) is 3.07. The molecule has 4 aromatic rings. The molecule has 0 aliphatic rings. The lowest BCUT2D eigenvalue weighted by Gasteiger charge is -2.26. The first-order chi connectivity index (χ1) is 14.6. The maximum absolute atomic E-state index is 6.25. The molecule has 2 heterocycles. The number of rotatable bonds is 6. The van der Waals surface area contributed by atoms with E-state index in [1.54, 1.807) is 6.20 Å². The van der Waals surface area contributed by atoms with Crippen molar-refractivity contribution in [3.63, 3.8) is 0 Å². The van der Waals surface area contributed by atoms with E-state index >= 15 is 0 Å². The summed E-state index contributed by atoms with van der Waals surface area (Å²) in [7, 11) is 0. The van der Waals surface area contributed by atoms with Crippen LogP contribution in [0.25, 0.3) is 10.9 Å². The van der Waals surface area contributed by atoms with Gasteiger partial charge in [0.15, 0.2) is 5.11 Å². The summed E-state index contributed by atoms with van der Waals surface area (Å²) in [5.74, 6) is 0. The largest absolute Gasteiger partial charge is 0.358 e. The number of aromatic nitrogens is 2. The Morgan fingerprint density at radius 1 is 1.13 bits per heavy atom. The Morgan fingerprint density at radius 2 is 1.97 bits per heavy atom. The van der Waals surface area contributed by atoms with Gasteiger partial charge in [0.1, 0.15) is 0 Å². The van der Waals surface area contributed by atoms with Crippen LogP contribution in [-0.4, -0.2) is 26.5 Å². The number of pyridine rings is 1. The molecule has 2 aromatic heterocycles. The molecule has 0 spiro atoms. The number of thiocarbonyl (C=S) groups is 1. The Balaban J connectivity index is 1.56. The van der Waals surface area contributed by atoms with Crippen LogP contribution in [-0.2, 0) is 13.0 Å². The Bertz CT molecular complexity index is 1140. The summed E-state index contributed by atoms with van der Waals surface area (Å²) in [4.78, 5) is 9.89. The van der Waals surface area contributed by atoms with Gasteiger partial charge in [-0.15, -0.1) is 0 Å². The molecule has 0 atom stereocenters. The summed E-state index contributed by atoms with van der Waals surface area (Å²) in [6, 6.07) is 20.0. The van der Waals surface area contributed by atoms with E-state index in [4.69, 9.17) is 23.8 Å². The molecule has 0 radical (unpaired) electrons. The van der Waals surface area contributed by atoms with Gasteiger partial charge in [-0.1, -0.05) is 35.9 Å². The number of hydrogen-bond donors (Lipinski definition) is 2. The molecular formula is C24H23ClN4S. The zero-order valence-electron chi connectivity index (χ0n) is 16.7. The van der Waals surface area contributed by atoms with Crippen LogP contribution in [0.1, 0.15) is 16.8 Å². The van der Waals surface area contributed by atoms with Gasteiger partial charge in [-0.05, 0) is 73.1 Å². The van der Waals surface area contributed by atoms with Gasteiger partial charge in [-0.3, -0.25) is 4.98 Å². The molecule has 30 heavy (non-hydrogen) atoms. The van der Waals surface area contributed by atoms with Crippen molar-refractivity contribution in [2.75, 3.05) is 11.9 Å². The van der Waals surface area contributed by atoms with Crippen LogP contribution in [0.5, 0.6) is 0 Å². The second-order valence-corrected chi connectivity index (χ2v) is 8.07. The molecule has 0 saturated carbocycles. The molecule has 2 aromatic carbocycles. The smallest absolute Gasteiger partial charge is 0.173 e. The number of hydrogen-bond acceptors (Lipinski definition) is 2. The number of halogens is 1. The fraction of sp³-hybridized carbons (Fsp3) is 0.167. The van der Waals surface area contributed by atoms with E-state index in [1.807, 2.05) is 60.8 Å². The van der Waals surface area contributed by atoms with E-state index in [0.29, 0.717) is 11.7 Å². The van der Waals surface area contributed by atoms with Gasteiger partial charge in [-0.2, -0.15) is 0 Å². The molecule has 2 N–H and O–H groups in total. The zero-order chi connectivity index (χ0) is 20.9. The van der Waals surface area contributed by atoms with Crippen molar-refractivity contribution in [2.45, 2.75) is 19.9 Å². The molecule has 0 aliphatic carbocycles. The monoisotopic (exact) mass is 434 g/mol. The third-order valence-corrected chi connectivity index (χ3v) is 5.72. The first-order valence-electron chi connectivity index (χ1n) is 9.87. The Kier molecular flexibility index (Phi) is 6.31. The van der Waals surface area contributed by atoms with Crippen LogP contribution >= 0.6 is 23.8 Å². The fourth-order valence-electron chi connectivity index (χ4n) is 3.61. The summed E-state index contributed by atoms with van der Waals surface area (Å²) >= 11 is 12.0. The predicted octanol–water partition coefficient (Wildman–Crippen LogP) is 5.97. The van der Waals surface area contributed by atoms with Gasteiger partial charge < -0.3 is 15.2 Å².